The van der Waals surface area contributed by atoms with Gasteiger partial charge in [0.1, 0.15) is 11.6 Å². The summed E-state index contributed by atoms with van der Waals surface area (Å²) in [6, 6.07) is 30.5. The highest BCUT2D eigenvalue weighted by atomic mass is 16.3. The number of hydrazone groups is 1. The Bertz CT molecular complexity index is 1740. The zero-order valence-electron chi connectivity index (χ0n) is 20.7. The van der Waals surface area contributed by atoms with Gasteiger partial charge in [0.15, 0.2) is 0 Å². The smallest absolute Gasteiger partial charge is 0.274 e. The molecule has 1 atom stereocenters. The van der Waals surface area contributed by atoms with Crippen LogP contribution in [-0.2, 0) is 0 Å². The van der Waals surface area contributed by atoms with Crippen molar-refractivity contribution in [3.05, 3.63) is 136 Å². The first-order chi connectivity index (χ1) is 18.5. The maximum atomic E-state index is 13.7. The summed E-state index contributed by atoms with van der Waals surface area (Å²) in [7, 11) is 0. The van der Waals surface area contributed by atoms with Crippen molar-refractivity contribution in [1.82, 2.24) is 14.6 Å². The number of nitrogens with zero attached hydrogens (tertiary/aromatic N) is 4. The second kappa shape index (κ2) is 9.44. The zero-order valence-corrected chi connectivity index (χ0v) is 20.7. The van der Waals surface area contributed by atoms with Crippen molar-refractivity contribution in [2.75, 3.05) is 0 Å². The molecule has 0 fully saturated rings. The number of phenols is 1. The first-order valence-corrected chi connectivity index (χ1v) is 12.3. The lowest BCUT2D eigenvalue weighted by Crippen LogP contribution is -2.27. The molecule has 38 heavy (non-hydrogen) atoms. The average Bonchev–Trinajstić information content (AvgIpc) is 3.39. The third kappa shape index (κ3) is 4.14. The van der Waals surface area contributed by atoms with E-state index in [0.717, 1.165) is 16.8 Å². The van der Waals surface area contributed by atoms with Gasteiger partial charge in [-0.1, -0.05) is 54.6 Å². The lowest BCUT2D eigenvalue weighted by atomic mass is 9.98. The summed E-state index contributed by atoms with van der Waals surface area (Å²) in [5, 5.41) is 16.5. The monoisotopic (exact) mass is 500 g/mol. The van der Waals surface area contributed by atoms with Crippen LogP contribution in [0.4, 0.5) is 0 Å². The molecule has 4 aromatic carbocycles. The molecule has 7 heteroatoms. The molecule has 2 heterocycles. The van der Waals surface area contributed by atoms with E-state index in [1.807, 2.05) is 60.7 Å². The molecule has 6 rings (SSSR count). The summed E-state index contributed by atoms with van der Waals surface area (Å²) in [6.07, 6.45) is 0.552. The number of rotatable bonds is 4. The largest absolute Gasteiger partial charge is 0.508 e. The standard InChI is InChI=1S/C31H24N4O3/c1-20-32-27-10-6-5-9-26(27)31(38)34(20)24-15-11-23(12-16-24)30(37)35-29(22-13-17-25(36)18-14-22)19-28(33-35)21-7-3-2-4-8-21/h2-18,29,36H,19H2,1H3. The van der Waals surface area contributed by atoms with Crippen molar-refractivity contribution in [2.45, 2.75) is 19.4 Å². The first kappa shape index (κ1) is 23.4. The molecule has 0 aliphatic carbocycles. The van der Waals surface area contributed by atoms with Gasteiger partial charge in [-0.25, -0.2) is 9.99 Å². The van der Waals surface area contributed by atoms with E-state index in [2.05, 4.69) is 4.98 Å². The predicted molar refractivity (Wildman–Crippen MR) is 147 cm³/mol. The Balaban J connectivity index is 1.36. The van der Waals surface area contributed by atoms with E-state index < -0.39 is 0 Å². The van der Waals surface area contributed by atoms with Crippen molar-refractivity contribution in [2.24, 2.45) is 5.10 Å². The number of aryl methyl sites for hydroxylation is 1. The van der Waals surface area contributed by atoms with Gasteiger partial charge >= 0.3 is 0 Å². The van der Waals surface area contributed by atoms with Crippen LogP contribution < -0.4 is 5.56 Å². The maximum absolute atomic E-state index is 13.7. The van der Waals surface area contributed by atoms with Gasteiger partial charge in [-0.2, -0.15) is 5.10 Å². The lowest BCUT2D eigenvalue weighted by Gasteiger charge is -2.22. The number of carbonyl (C=O) groups excluding carboxylic acids is 1. The van der Waals surface area contributed by atoms with Crippen molar-refractivity contribution in [3.8, 4) is 11.4 Å². The highest BCUT2D eigenvalue weighted by Crippen LogP contribution is 2.34. The summed E-state index contributed by atoms with van der Waals surface area (Å²) in [5.41, 5.74) is 4.24. The molecule has 1 N–H and O–H groups in total. The number of aromatic nitrogens is 2. The van der Waals surface area contributed by atoms with E-state index in [1.54, 1.807) is 54.0 Å². The topological polar surface area (TPSA) is 87.8 Å². The average molecular weight is 501 g/mol. The second-order valence-corrected chi connectivity index (χ2v) is 9.24. The summed E-state index contributed by atoms with van der Waals surface area (Å²) in [6.45, 7) is 1.79. The molecule has 7 nitrogen and oxygen atoms in total. The number of para-hydroxylation sites is 1. The van der Waals surface area contributed by atoms with Crippen molar-refractivity contribution < 1.29 is 9.90 Å². The SMILES string of the molecule is Cc1nc2ccccc2c(=O)n1-c1ccc(C(=O)N2N=C(c3ccccc3)CC2c2ccc(O)cc2)cc1. The van der Waals surface area contributed by atoms with Gasteiger partial charge < -0.3 is 5.11 Å². The van der Waals surface area contributed by atoms with E-state index in [-0.39, 0.29) is 23.3 Å². The third-order valence-electron chi connectivity index (χ3n) is 6.82. The Hall–Kier alpha value is -5.04. The Labute approximate surface area is 218 Å². The van der Waals surface area contributed by atoms with E-state index in [4.69, 9.17) is 5.10 Å². The summed E-state index contributed by atoms with van der Waals surface area (Å²) >= 11 is 0. The fourth-order valence-corrected chi connectivity index (χ4v) is 4.89. The molecule has 0 bridgehead atoms. The third-order valence-corrected chi connectivity index (χ3v) is 6.82. The Kier molecular flexibility index (Phi) is 5.81. The minimum absolute atomic E-state index is 0.156. The van der Waals surface area contributed by atoms with Crippen LogP contribution in [-0.4, -0.2) is 31.3 Å². The van der Waals surface area contributed by atoms with Crippen LogP contribution in [0.1, 0.15) is 39.8 Å². The predicted octanol–water partition coefficient (Wildman–Crippen LogP) is 5.39. The minimum atomic E-state index is -0.312. The number of fused-ring (bicyclic) bond motifs is 1. The van der Waals surface area contributed by atoms with Gasteiger partial charge in [0, 0.05) is 12.0 Å². The normalized spacial score (nSPS) is 15.0. The molecule has 1 aliphatic rings. The van der Waals surface area contributed by atoms with E-state index in [9.17, 15) is 14.7 Å². The summed E-state index contributed by atoms with van der Waals surface area (Å²) in [4.78, 5) is 31.5. The number of hydrogen-bond donors (Lipinski definition) is 1. The molecule has 1 amide bonds. The molecule has 1 unspecified atom stereocenters. The maximum Gasteiger partial charge on any atom is 0.274 e. The number of aromatic hydroxyl groups is 1. The minimum Gasteiger partial charge on any atom is -0.508 e. The summed E-state index contributed by atoms with van der Waals surface area (Å²) in [5.74, 6) is 0.483. The van der Waals surface area contributed by atoms with Crippen LogP contribution in [0, 0.1) is 6.92 Å². The van der Waals surface area contributed by atoms with Gasteiger partial charge in [0.25, 0.3) is 11.5 Å². The molecule has 0 saturated carbocycles. The van der Waals surface area contributed by atoms with E-state index in [1.165, 1.54) is 5.01 Å². The molecule has 0 saturated heterocycles. The Morgan fingerprint density at radius 2 is 1.55 bits per heavy atom. The van der Waals surface area contributed by atoms with Gasteiger partial charge in [-0.05, 0) is 66.6 Å². The van der Waals surface area contributed by atoms with Gasteiger partial charge in [-0.3, -0.25) is 14.2 Å². The first-order valence-electron chi connectivity index (χ1n) is 12.3. The van der Waals surface area contributed by atoms with Crippen LogP contribution in [0.2, 0.25) is 0 Å². The molecule has 0 radical (unpaired) electrons. The van der Waals surface area contributed by atoms with Crippen molar-refractivity contribution >= 4 is 22.5 Å². The fraction of sp³-hybridized carbons (Fsp3) is 0.0968. The van der Waals surface area contributed by atoms with E-state index >= 15 is 0 Å². The van der Waals surface area contributed by atoms with Crippen LogP contribution in [0.3, 0.4) is 0 Å². The highest BCUT2D eigenvalue weighted by Gasteiger charge is 2.33. The molecule has 1 aliphatic heterocycles. The lowest BCUT2D eigenvalue weighted by molar-refractivity contribution is 0.0711. The molecule has 186 valence electrons. The van der Waals surface area contributed by atoms with Crippen molar-refractivity contribution in [3.63, 3.8) is 0 Å². The molecular weight excluding hydrogens is 476 g/mol. The van der Waals surface area contributed by atoms with Crippen molar-refractivity contribution in [1.29, 1.82) is 0 Å². The number of hydrogen-bond acceptors (Lipinski definition) is 5. The van der Waals surface area contributed by atoms with Gasteiger partial charge in [0.05, 0.1) is 28.3 Å². The molecular formula is C31H24N4O3. The number of carbonyl (C=O) groups is 1. The zero-order chi connectivity index (χ0) is 26.2. The number of amides is 1. The highest BCUT2D eigenvalue weighted by molar-refractivity contribution is 6.05. The molecule has 5 aromatic rings. The van der Waals surface area contributed by atoms with Crippen LogP contribution in [0.5, 0.6) is 5.75 Å². The Morgan fingerprint density at radius 3 is 2.29 bits per heavy atom. The fourth-order valence-electron chi connectivity index (χ4n) is 4.89. The quantitative estimate of drug-likeness (QED) is 0.358. The number of benzene rings is 4. The Morgan fingerprint density at radius 1 is 0.868 bits per heavy atom. The van der Waals surface area contributed by atoms with Gasteiger partial charge in [0.2, 0.25) is 0 Å². The van der Waals surface area contributed by atoms with Crippen LogP contribution >= 0.6 is 0 Å². The molecule has 0 spiro atoms. The van der Waals surface area contributed by atoms with Gasteiger partial charge in [-0.15, -0.1) is 0 Å². The van der Waals surface area contributed by atoms with Crippen LogP contribution in [0.15, 0.2) is 113 Å². The van der Waals surface area contributed by atoms with Crippen LogP contribution in [0.25, 0.3) is 16.6 Å². The van der Waals surface area contributed by atoms with E-state index in [0.29, 0.717) is 34.4 Å². The second-order valence-electron chi connectivity index (χ2n) is 9.24. The molecule has 1 aromatic heterocycles. The number of phenolic OH excluding ortho intramolecular Hbond substituents is 1. The summed E-state index contributed by atoms with van der Waals surface area (Å²) < 4.78 is 1.55.